The molecule has 0 amide bonds. The largest absolute Gasteiger partial charge is 0.498 e. The van der Waals surface area contributed by atoms with E-state index in [4.69, 9.17) is 9.31 Å². The molecule has 0 radical (unpaired) electrons. The molecule has 0 unspecified atom stereocenters. The fraction of sp³-hybridized carbons (Fsp3) is 0.692. The molecule has 0 bridgehead atoms. The Morgan fingerprint density at radius 2 is 1.52 bits per heavy atom. The quantitative estimate of drug-likeness (QED) is 0.768. The summed E-state index contributed by atoms with van der Waals surface area (Å²) in [4.78, 5) is 9.69. The predicted molar refractivity (Wildman–Crippen MR) is 74.9 cm³/mol. The molecule has 2 saturated heterocycles. The van der Waals surface area contributed by atoms with Crippen LogP contribution in [-0.2, 0) is 9.31 Å². The highest BCUT2D eigenvalue weighted by atomic mass is 19.3. The monoisotopic (exact) mass is 297 g/mol. The molecule has 3 rings (SSSR count). The number of hydrogen-bond acceptors (Lipinski definition) is 5. The topological polar surface area (TPSA) is 47.5 Å². The fourth-order valence-electron chi connectivity index (χ4n) is 2.25. The lowest BCUT2D eigenvalue weighted by atomic mass is 9.81. The highest BCUT2D eigenvalue weighted by molar-refractivity contribution is 6.61. The summed E-state index contributed by atoms with van der Waals surface area (Å²) in [5.41, 5.74) is -0.184. The van der Waals surface area contributed by atoms with Gasteiger partial charge >= 0.3 is 7.12 Å². The summed E-state index contributed by atoms with van der Waals surface area (Å²) < 4.78 is 37.4. The molecule has 1 aromatic rings. The van der Waals surface area contributed by atoms with E-state index in [-0.39, 0.29) is 13.1 Å². The minimum absolute atomic E-state index is 0.307. The average Bonchev–Trinajstić information content (AvgIpc) is 2.56. The summed E-state index contributed by atoms with van der Waals surface area (Å²) in [5.74, 6) is -2.32. The van der Waals surface area contributed by atoms with Crippen LogP contribution in [-0.4, -0.2) is 47.3 Å². The molecule has 2 aliphatic heterocycles. The average molecular weight is 297 g/mol. The molecule has 21 heavy (non-hydrogen) atoms. The van der Waals surface area contributed by atoms with E-state index in [0.717, 1.165) is 0 Å². The first-order valence-electron chi connectivity index (χ1n) is 6.90. The van der Waals surface area contributed by atoms with Gasteiger partial charge in [0, 0.05) is 17.9 Å². The minimum Gasteiger partial charge on any atom is -0.399 e. The van der Waals surface area contributed by atoms with E-state index < -0.39 is 24.2 Å². The molecule has 114 valence electrons. The van der Waals surface area contributed by atoms with Crippen LogP contribution in [0.5, 0.6) is 0 Å². The predicted octanol–water partition coefficient (Wildman–Crippen LogP) is 1.23. The third kappa shape index (κ3) is 2.51. The molecule has 0 N–H and O–H groups in total. The van der Waals surface area contributed by atoms with Crippen LogP contribution in [0.2, 0.25) is 0 Å². The molecule has 0 spiro atoms. The first-order chi connectivity index (χ1) is 9.60. The molecule has 3 heterocycles. The number of anilines is 1. The third-order valence-electron chi connectivity index (χ3n) is 4.31. The lowest BCUT2D eigenvalue weighted by Crippen LogP contribution is -2.57. The van der Waals surface area contributed by atoms with Gasteiger partial charge in [0.1, 0.15) is 0 Å². The van der Waals surface area contributed by atoms with Crippen molar-refractivity contribution in [2.75, 3.05) is 18.0 Å². The molecular weight excluding hydrogens is 279 g/mol. The number of hydrogen-bond donors (Lipinski definition) is 0. The normalized spacial score (nSPS) is 25.8. The lowest BCUT2D eigenvalue weighted by Gasteiger charge is -2.38. The molecule has 8 heteroatoms. The Hall–Kier alpha value is -1.28. The van der Waals surface area contributed by atoms with Crippen LogP contribution in [0.3, 0.4) is 0 Å². The van der Waals surface area contributed by atoms with E-state index in [1.54, 1.807) is 12.4 Å². The molecule has 0 aromatic carbocycles. The van der Waals surface area contributed by atoms with Gasteiger partial charge in [-0.15, -0.1) is 0 Å². The second kappa shape index (κ2) is 4.36. The maximum atomic E-state index is 12.8. The molecule has 5 nitrogen and oxygen atoms in total. The van der Waals surface area contributed by atoms with E-state index in [1.165, 1.54) is 4.90 Å². The Morgan fingerprint density at radius 3 is 1.95 bits per heavy atom. The summed E-state index contributed by atoms with van der Waals surface area (Å²) >= 11 is 0. The maximum Gasteiger partial charge on any atom is 0.498 e. The molecule has 0 saturated carbocycles. The van der Waals surface area contributed by atoms with Gasteiger partial charge in [0.05, 0.1) is 24.3 Å². The number of nitrogens with zero attached hydrogens (tertiary/aromatic N) is 3. The van der Waals surface area contributed by atoms with Crippen LogP contribution in [0.4, 0.5) is 14.7 Å². The van der Waals surface area contributed by atoms with Gasteiger partial charge in [-0.1, -0.05) is 0 Å². The van der Waals surface area contributed by atoms with Crippen LogP contribution in [0.15, 0.2) is 12.4 Å². The second-order valence-corrected chi connectivity index (χ2v) is 6.62. The van der Waals surface area contributed by atoms with Crippen molar-refractivity contribution in [3.8, 4) is 0 Å². The molecular formula is C13H18BF2N3O2. The van der Waals surface area contributed by atoms with E-state index in [1.807, 2.05) is 27.7 Å². The van der Waals surface area contributed by atoms with Gasteiger partial charge in [-0.2, -0.15) is 0 Å². The second-order valence-electron chi connectivity index (χ2n) is 6.62. The zero-order chi connectivity index (χ0) is 15.5. The Kier molecular flexibility index (Phi) is 3.04. The van der Waals surface area contributed by atoms with Crippen molar-refractivity contribution in [2.45, 2.75) is 44.8 Å². The lowest BCUT2D eigenvalue weighted by molar-refractivity contribution is -0.0271. The Bertz CT molecular complexity index is 527. The van der Waals surface area contributed by atoms with Crippen molar-refractivity contribution in [2.24, 2.45) is 0 Å². The van der Waals surface area contributed by atoms with E-state index in [2.05, 4.69) is 9.97 Å². The van der Waals surface area contributed by atoms with Gasteiger partial charge in [0.2, 0.25) is 5.95 Å². The van der Waals surface area contributed by atoms with Gasteiger partial charge in [-0.25, -0.2) is 18.7 Å². The number of alkyl halides is 2. The van der Waals surface area contributed by atoms with Gasteiger partial charge < -0.3 is 14.2 Å². The highest BCUT2D eigenvalue weighted by Gasteiger charge is 2.52. The standard InChI is InChI=1S/C13H18BF2N3O2/c1-11(2)12(3,4)21-14(20-11)9-5-17-10(18-6-9)19-7-13(15,16)8-19/h5-6H,7-8H2,1-4H3. The van der Waals surface area contributed by atoms with Crippen molar-refractivity contribution in [1.82, 2.24) is 9.97 Å². The zero-order valence-corrected chi connectivity index (χ0v) is 12.6. The van der Waals surface area contributed by atoms with Crippen LogP contribution >= 0.6 is 0 Å². The van der Waals surface area contributed by atoms with E-state index >= 15 is 0 Å². The van der Waals surface area contributed by atoms with E-state index in [0.29, 0.717) is 11.4 Å². The molecule has 0 atom stereocenters. The summed E-state index contributed by atoms with van der Waals surface area (Å²) in [6.45, 7) is 7.19. The Labute approximate surface area is 122 Å². The Balaban J connectivity index is 1.71. The third-order valence-corrected chi connectivity index (χ3v) is 4.31. The number of aromatic nitrogens is 2. The maximum absolute atomic E-state index is 12.8. The molecule has 1 aromatic heterocycles. The van der Waals surface area contributed by atoms with Crippen LogP contribution in [0.1, 0.15) is 27.7 Å². The van der Waals surface area contributed by atoms with Crippen LogP contribution in [0, 0.1) is 0 Å². The summed E-state index contributed by atoms with van der Waals surface area (Å²) in [7, 11) is -0.540. The first kappa shape index (κ1) is 14.7. The van der Waals surface area contributed by atoms with Crippen molar-refractivity contribution >= 4 is 18.5 Å². The van der Waals surface area contributed by atoms with E-state index in [9.17, 15) is 8.78 Å². The summed E-state index contributed by atoms with van der Waals surface area (Å²) in [5, 5.41) is 0. The minimum atomic E-state index is -2.63. The summed E-state index contributed by atoms with van der Waals surface area (Å²) in [6, 6.07) is 0. The number of halogens is 2. The number of rotatable bonds is 2. The van der Waals surface area contributed by atoms with Gasteiger partial charge in [-0.05, 0) is 27.7 Å². The highest BCUT2D eigenvalue weighted by Crippen LogP contribution is 2.36. The SMILES string of the molecule is CC1(C)OB(c2cnc(N3CC(F)(F)C3)nc2)OC1(C)C. The van der Waals surface area contributed by atoms with Gasteiger partial charge in [-0.3, -0.25) is 0 Å². The molecule has 2 aliphatic rings. The van der Waals surface area contributed by atoms with Crippen molar-refractivity contribution in [1.29, 1.82) is 0 Å². The molecule has 2 fully saturated rings. The molecule has 0 aliphatic carbocycles. The van der Waals surface area contributed by atoms with Crippen LogP contribution < -0.4 is 10.4 Å². The van der Waals surface area contributed by atoms with Crippen molar-refractivity contribution < 1.29 is 18.1 Å². The smallest absolute Gasteiger partial charge is 0.399 e. The first-order valence-corrected chi connectivity index (χ1v) is 6.90. The Morgan fingerprint density at radius 1 is 1.05 bits per heavy atom. The van der Waals surface area contributed by atoms with Gasteiger partial charge in [0.15, 0.2) is 0 Å². The summed E-state index contributed by atoms with van der Waals surface area (Å²) in [6.07, 6.45) is 3.14. The van der Waals surface area contributed by atoms with Crippen molar-refractivity contribution in [3.63, 3.8) is 0 Å². The fourth-order valence-corrected chi connectivity index (χ4v) is 2.25. The van der Waals surface area contributed by atoms with Crippen LogP contribution in [0.25, 0.3) is 0 Å². The van der Waals surface area contributed by atoms with Gasteiger partial charge in [0.25, 0.3) is 5.92 Å². The van der Waals surface area contributed by atoms with Crippen molar-refractivity contribution in [3.05, 3.63) is 12.4 Å². The zero-order valence-electron chi connectivity index (χ0n) is 12.6.